The van der Waals surface area contributed by atoms with Gasteiger partial charge in [-0.1, -0.05) is 27.7 Å². The molecular weight excluding hydrogens is 196 g/mol. The molecule has 4 fully saturated rings. The summed E-state index contributed by atoms with van der Waals surface area (Å²) in [6.45, 7) is 9.58. The minimum Gasteiger partial charge on any atom is -0.299 e. The van der Waals surface area contributed by atoms with Gasteiger partial charge >= 0.3 is 0 Å². The highest BCUT2D eigenvalue weighted by molar-refractivity contribution is 5.87. The quantitative estimate of drug-likeness (QED) is 0.610. The Labute approximate surface area is 98.0 Å². The van der Waals surface area contributed by atoms with Crippen molar-refractivity contribution in [3.63, 3.8) is 0 Å². The fraction of sp³-hybridized carbons (Fsp3) is 0.933. The molecule has 0 aromatic heterocycles. The molecule has 0 amide bonds. The van der Waals surface area contributed by atoms with Gasteiger partial charge in [0.1, 0.15) is 5.78 Å². The number of carbonyl (C=O) groups is 1. The second-order valence-electron chi connectivity index (χ2n) is 7.74. The van der Waals surface area contributed by atoms with Crippen LogP contribution in [0.15, 0.2) is 0 Å². The number of carbonyl (C=O) groups excluding carboxylic acids is 1. The van der Waals surface area contributed by atoms with Crippen molar-refractivity contribution in [1.82, 2.24) is 0 Å². The van der Waals surface area contributed by atoms with E-state index in [0.717, 1.165) is 24.2 Å². The molecule has 4 rings (SSSR count). The van der Waals surface area contributed by atoms with Gasteiger partial charge < -0.3 is 0 Å². The Morgan fingerprint density at radius 2 is 1.94 bits per heavy atom. The third-order valence-electron chi connectivity index (χ3n) is 7.40. The first-order chi connectivity index (χ1) is 7.38. The summed E-state index contributed by atoms with van der Waals surface area (Å²) in [6.07, 6.45) is 3.71. The standard InChI is InChI=1S/C15H22O/c1-8-10(16)7-11-14(4)6-5-9-12(13(9,2)3)15(8,11)14/h8-9,11-12H,5-7H2,1-4H3. The summed E-state index contributed by atoms with van der Waals surface area (Å²) in [5.41, 5.74) is 1.51. The van der Waals surface area contributed by atoms with Crippen molar-refractivity contribution in [3.8, 4) is 0 Å². The monoisotopic (exact) mass is 218 g/mol. The summed E-state index contributed by atoms with van der Waals surface area (Å²) in [7, 11) is 0. The molecule has 4 aliphatic rings. The molecule has 0 aromatic carbocycles. The van der Waals surface area contributed by atoms with Gasteiger partial charge in [0.05, 0.1) is 0 Å². The third-order valence-corrected chi connectivity index (χ3v) is 7.40. The van der Waals surface area contributed by atoms with Gasteiger partial charge in [-0.05, 0) is 46.8 Å². The molecule has 1 spiro atoms. The molecule has 88 valence electrons. The van der Waals surface area contributed by atoms with Crippen LogP contribution in [0, 0.1) is 39.9 Å². The first-order valence-corrected chi connectivity index (χ1v) is 6.91. The zero-order valence-corrected chi connectivity index (χ0v) is 10.8. The van der Waals surface area contributed by atoms with Crippen LogP contribution in [-0.2, 0) is 4.79 Å². The Bertz CT molecular complexity index is 410. The van der Waals surface area contributed by atoms with E-state index in [4.69, 9.17) is 0 Å². The van der Waals surface area contributed by atoms with Crippen LogP contribution in [-0.4, -0.2) is 5.78 Å². The van der Waals surface area contributed by atoms with Crippen LogP contribution in [0.4, 0.5) is 0 Å². The predicted molar refractivity (Wildman–Crippen MR) is 62.8 cm³/mol. The van der Waals surface area contributed by atoms with Gasteiger partial charge in [-0.2, -0.15) is 0 Å². The van der Waals surface area contributed by atoms with Crippen LogP contribution < -0.4 is 0 Å². The first-order valence-electron chi connectivity index (χ1n) is 6.91. The molecule has 0 N–H and O–H groups in total. The summed E-state index contributed by atoms with van der Waals surface area (Å²) >= 11 is 0. The van der Waals surface area contributed by atoms with Crippen LogP contribution in [0.1, 0.15) is 47.0 Å². The lowest BCUT2D eigenvalue weighted by atomic mass is 9.72. The zero-order valence-electron chi connectivity index (χ0n) is 10.8. The Kier molecular flexibility index (Phi) is 1.30. The molecular formula is C15H22O. The van der Waals surface area contributed by atoms with Gasteiger partial charge in [-0.15, -0.1) is 0 Å². The van der Waals surface area contributed by atoms with Gasteiger partial charge in [-0.25, -0.2) is 0 Å². The zero-order chi connectivity index (χ0) is 11.5. The van der Waals surface area contributed by atoms with Crippen molar-refractivity contribution in [2.75, 3.05) is 0 Å². The van der Waals surface area contributed by atoms with Crippen LogP contribution in [0.5, 0.6) is 0 Å². The van der Waals surface area contributed by atoms with Gasteiger partial charge in [0, 0.05) is 12.3 Å². The van der Waals surface area contributed by atoms with Crippen LogP contribution in [0.25, 0.3) is 0 Å². The normalized spacial score (nSPS) is 64.6. The second kappa shape index (κ2) is 2.15. The Hall–Kier alpha value is -0.330. The lowest BCUT2D eigenvalue weighted by Crippen LogP contribution is -2.30. The maximum Gasteiger partial charge on any atom is 0.136 e. The SMILES string of the molecule is CC1C(=O)CC2C3(C)CCC4C(C4(C)C)C123. The maximum atomic E-state index is 12.0. The predicted octanol–water partition coefficient (Wildman–Crippen LogP) is 3.28. The van der Waals surface area contributed by atoms with E-state index in [1.165, 1.54) is 12.8 Å². The molecule has 4 saturated carbocycles. The molecule has 6 atom stereocenters. The lowest BCUT2D eigenvalue weighted by Gasteiger charge is -2.31. The summed E-state index contributed by atoms with van der Waals surface area (Å²) < 4.78 is 0. The minimum atomic E-state index is 0.358. The van der Waals surface area contributed by atoms with Crippen molar-refractivity contribution in [2.24, 2.45) is 39.9 Å². The first kappa shape index (κ1) is 9.67. The molecule has 0 radical (unpaired) electrons. The van der Waals surface area contributed by atoms with Crippen molar-refractivity contribution >= 4 is 5.78 Å². The number of rotatable bonds is 0. The van der Waals surface area contributed by atoms with E-state index in [1.807, 2.05) is 0 Å². The number of Topliss-reactive ketones (excluding diaryl/α,β-unsaturated/α-hetero) is 1. The third kappa shape index (κ3) is 0.638. The molecule has 0 saturated heterocycles. The summed E-state index contributed by atoms with van der Waals surface area (Å²) in [6, 6.07) is 0. The number of hydrogen-bond donors (Lipinski definition) is 0. The Morgan fingerprint density at radius 1 is 1.25 bits per heavy atom. The van der Waals surface area contributed by atoms with Crippen molar-refractivity contribution < 1.29 is 4.79 Å². The second-order valence-corrected chi connectivity index (χ2v) is 7.74. The van der Waals surface area contributed by atoms with E-state index in [1.54, 1.807) is 0 Å². The van der Waals surface area contributed by atoms with E-state index in [0.29, 0.717) is 27.9 Å². The topological polar surface area (TPSA) is 17.1 Å². The molecule has 1 nitrogen and oxygen atoms in total. The Balaban J connectivity index is 1.84. The van der Waals surface area contributed by atoms with Gasteiger partial charge in [-0.3, -0.25) is 4.79 Å². The van der Waals surface area contributed by atoms with E-state index >= 15 is 0 Å². The molecule has 1 heteroatoms. The van der Waals surface area contributed by atoms with Gasteiger partial charge in [0.15, 0.2) is 0 Å². The van der Waals surface area contributed by atoms with E-state index in [-0.39, 0.29) is 0 Å². The van der Waals surface area contributed by atoms with E-state index in [2.05, 4.69) is 27.7 Å². The molecule has 0 bridgehead atoms. The summed E-state index contributed by atoms with van der Waals surface area (Å²) in [5.74, 6) is 3.46. The largest absolute Gasteiger partial charge is 0.299 e. The highest BCUT2D eigenvalue weighted by Crippen LogP contribution is 2.93. The summed E-state index contributed by atoms with van der Waals surface area (Å²) in [4.78, 5) is 12.0. The Morgan fingerprint density at radius 3 is 2.62 bits per heavy atom. The number of hydrogen-bond acceptors (Lipinski definition) is 1. The van der Waals surface area contributed by atoms with Crippen molar-refractivity contribution in [1.29, 1.82) is 0 Å². The van der Waals surface area contributed by atoms with Crippen molar-refractivity contribution in [3.05, 3.63) is 0 Å². The average molecular weight is 218 g/mol. The smallest absolute Gasteiger partial charge is 0.136 e. The van der Waals surface area contributed by atoms with Crippen LogP contribution in [0.2, 0.25) is 0 Å². The fourth-order valence-electron chi connectivity index (χ4n) is 6.60. The van der Waals surface area contributed by atoms with E-state index < -0.39 is 0 Å². The highest BCUT2D eigenvalue weighted by atomic mass is 16.1. The molecule has 16 heavy (non-hydrogen) atoms. The van der Waals surface area contributed by atoms with Crippen molar-refractivity contribution in [2.45, 2.75) is 47.0 Å². The fourth-order valence-corrected chi connectivity index (χ4v) is 6.60. The molecule has 4 aliphatic carbocycles. The van der Waals surface area contributed by atoms with E-state index in [9.17, 15) is 4.79 Å². The average Bonchev–Trinajstić information content (AvgIpc) is 2.91. The van der Waals surface area contributed by atoms with Gasteiger partial charge in [0.2, 0.25) is 0 Å². The van der Waals surface area contributed by atoms with Gasteiger partial charge in [0.25, 0.3) is 0 Å². The maximum absolute atomic E-state index is 12.0. The van der Waals surface area contributed by atoms with Crippen LogP contribution >= 0.6 is 0 Å². The minimum absolute atomic E-state index is 0.358. The number of fused-ring (bicyclic) bond motifs is 2. The molecule has 0 aromatic rings. The highest BCUT2D eigenvalue weighted by Gasteiger charge is 2.89. The summed E-state index contributed by atoms with van der Waals surface area (Å²) in [5, 5.41) is 0. The molecule has 0 aliphatic heterocycles. The molecule has 6 unspecified atom stereocenters. The number of ketones is 1. The van der Waals surface area contributed by atoms with Crippen LogP contribution in [0.3, 0.4) is 0 Å². The lowest BCUT2D eigenvalue weighted by molar-refractivity contribution is -0.123. The molecule has 0 heterocycles.